The molecule has 4 aromatic rings. The molecular weight excluding hydrogens is 548 g/mol. The van der Waals surface area contributed by atoms with E-state index in [0.717, 1.165) is 47.7 Å². The number of phenols is 1. The zero-order valence-corrected chi connectivity index (χ0v) is 25.5. The normalized spacial score (nSPS) is 15.7. The van der Waals surface area contributed by atoms with Crippen LogP contribution >= 0.6 is 0 Å². The zero-order chi connectivity index (χ0) is 30.7. The minimum Gasteiger partial charge on any atom is -0.508 e. The number of nitrogens with one attached hydrogen (secondary N) is 3. The Hall–Kier alpha value is -4.17. The molecular formula is C37H44N4O3. The zero-order valence-electron chi connectivity index (χ0n) is 25.5. The van der Waals surface area contributed by atoms with Gasteiger partial charge in [0.05, 0.1) is 12.1 Å². The number of nitrogens with zero attached hydrogens (tertiary/aromatic N) is 1. The lowest BCUT2D eigenvalue weighted by Crippen LogP contribution is -2.49. The molecule has 3 atom stereocenters. The molecule has 1 saturated heterocycles. The van der Waals surface area contributed by atoms with E-state index in [1.807, 2.05) is 72.8 Å². The maximum absolute atomic E-state index is 13.3. The first kappa shape index (κ1) is 31.3. The van der Waals surface area contributed by atoms with E-state index < -0.39 is 12.1 Å². The Balaban J connectivity index is 1.19. The lowest BCUT2D eigenvalue weighted by molar-refractivity contribution is 0.0826. The highest BCUT2D eigenvalue weighted by molar-refractivity contribution is 5.94. The van der Waals surface area contributed by atoms with Crippen LogP contribution in [0.15, 0.2) is 103 Å². The highest BCUT2D eigenvalue weighted by Crippen LogP contribution is 2.27. The Labute approximate surface area is 261 Å². The smallest absolute Gasteiger partial charge is 0.251 e. The number of carbonyl (C=O) groups is 1. The summed E-state index contributed by atoms with van der Waals surface area (Å²) in [6.07, 6.45) is 3.43. The summed E-state index contributed by atoms with van der Waals surface area (Å²) in [7, 11) is 0. The number of benzene rings is 4. The van der Waals surface area contributed by atoms with Crippen LogP contribution in [0.1, 0.15) is 59.3 Å². The van der Waals surface area contributed by atoms with Crippen LogP contribution in [0, 0.1) is 0 Å². The fourth-order valence-electron chi connectivity index (χ4n) is 5.71. The van der Waals surface area contributed by atoms with E-state index in [1.54, 1.807) is 18.2 Å². The SMILES string of the molecule is C[C@@H](NC[C@@H](O)[C@H](Cc1ccccc1)NC(=O)c1ccc(Nc2ccc(CN3CCCCC3)c(O)c2)cc1)c1ccccc1. The fraction of sp³-hybridized carbons (Fsp3) is 0.324. The van der Waals surface area contributed by atoms with Crippen LogP contribution in [0.5, 0.6) is 5.75 Å². The molecule has 1 aliphatic rings. The molecule has 4 aromatic carbocycles. The minimum absolute atomic E-state index is 0.0618. The first-order chi connectivity index (χ1) is 21.4. The van der Waals surface area contributed by atoms with Crippen LogP contribution in [0.4, 0.5) is 11.4 Å². The second-order valence-corrected chi connectivity index (χ2v) is 11.8. The van der Waals surface area contributed by atoms with Crippen molar-refractivity contribution in [3.8, 4) is 5.75 Å². The number of likely N-dealkylation sites (tertiary alicyclic amines) is 1. The van der Waals surface area contributed by atoms with Gasteiger partial charge in [-0.05, 0) is 80.7 Å². The lowest BCUT2D eigenvalue weighted by Gasteiger charge is -2.26. The first-order valence-electron chi connectivity index (χ1n) is 15.7. The van der Waals surface area contributed by atoms with Gasteiger partial charge in [-0.2, -0.15) is 0 Å². The standard InChI is InChI=1S/C37H44N4O3/c1-27(29-13-7-3-8-14-29)38-25-36(43)34(23-28-11-5-2-6-12-28)40-37(44)30-15-18-32(19-16-30)39-33-20-17-31(35(42)24-33)26-41-21-9-4-10-22-41/h2-3,5-8,11-20,24,27,34,36,38-39,42-43H,4,9-10,21-23,25-26H2,1H3,(H,40,44)/t27-,34+,36-/m1/s1. The van der Waals surface area contributed by atoms with Crippen LogP contribution in [0.25, 0.3) is 0 Å². The number of phenolic OH excluding ortho intramolecular Hbond substituents is 1. The maximum atomic E-state index is 13.3. The fourth-order valence-corrected chi connectivity index (χ4v) is 5.71. The molecule has 5 rings (SSSR count). The van der Waals surface area contributed by atoms with Gasteiger partial charge >= 0.3 is 0 Å². The summed E-state index contributed by atoms with van der Waals surface area (Å²) in [5.74, 6) is 0.0413. The van der Waals surface area contributed by atoms with Crippen LogP contribution in [0.3, 0.4) is 0 Å². The molecule has 0 aliphatic carbocycles. The number of piperidine rings is 1. The summed E-state index contributed by atoms with van der Waals surface area (Å²) < 4.78 is 0. The van der Waals surface area contributed by atoms with Gasteiger partial charge in [0.2, 0.25) is 0 Å². The average Bonchev–Trinajstić information content (AvgIpc) is 3.06. The minimum atomic E-state index is -0.795. The van der Waals surface area contributed by atoms with Crippen LogP contribution < -0.4 is 16.0 Å². The number of hydrogen-bond acceptors (Lipinski definition) is 6. The highest BCUT2D eigenvalue weighted by atomic mass is 16.3. The molecule has 0 aromatic heterocycles. The van der Waals surface area contributed by atoms with E-state index in [0.29, 0.717) is 18.5 Å². The summed E-state index contributed by atoms with van der Waals surface area (Å²) in [6, 6.07) is 32.5. The van der Waals surface area contributed by atoms with E-state index in [9.17, 15) is 15.0 Å². The van der Waals surface area contributed by atoms with Gasteiger partial charge in [0, 0.05) is 47.7 Å². The van der Waals surface area contributed by atoms with E-state index in [4.69, 9.17) is 0 Å². The molecule has 7 nitrogen and oxygen atoms in total. The van der Waals surface area contributed by atoms with Crippen molar-refractivity contribution in [3.05, 3.63) is 125 Å². The average molecular weight is 593 g/mol. The molecule has 1 aliphatic heterocycles. The van der Waals surface area contributed by atoms with E-state index in [-0.39, 0.29) is 17.7 Å². The van der Waals surface area contributed by atoms with Crippen LogP contribution in [0.2, 0.25) is 0 Å². The number of hydrogen-bond donors (Lipinski definition) is 5. The van der Waals surface area contributed by atoms with Gasteiger partial charge < -0.3 is 26.2 Å². The molecule has 5 N–H and O–H groups in total. The van der Waals surface area contributed by atoms with Crippen molar-refractivity contribution >= 4 is 17.3 Å². The molecule has 1 amide bonds. The summed E-state index contributed by atoms with van der Waals surface area (Å²) in [5, 5.41) is 31.6. The van der Waals surface area contributed by atoms with Crippen molar-refractivity contribution < 1.29 is 15.0 Å². The third-order valence-corrected chi connectivity index (χ3v) is 8.38. The molecule has 0 radical (unpaired) electrons. The van der Waals surface area contributed by atoms with Gasteiger partial charge in [-0.15, -0.1) is 0 Å². The molecule has 7 heteroatoms. The van der Waals surface area contributed by atoms with Gasteiger partial charge in [0.1, 0.15) is 5.75 Å². The summed E-state index contributed by atoms with van der Waals surface area (Å²) >= 11 is 0. The van der Waals surface area contributed by atoms with Crippen molar-refractivity contribution in [2.75, 3.05) is 25.0 Å². The van der Waals surface area contributed by atoms with Gasteiger partial charge in [-0.25, -0.2) is 0 Å². The molecule has 1 heterocycles. The topological polar surface area (TPSA) is 96.9 Å². The number of rotatable bonds is 13. The lowest BCUT2D eigenvalue weighted by atomic mass is 10.00. The van der Waals surface area contributed by atoms with Crippen molar-refractivity contribution in [2.24, 2.45) is 0 Å². The number of aliphatic hydroxyl groups excluding tert-OH is 1. The Morgan fingerprint density at radius 1 is 0.841 bits per heavy atom. The molecule has 0 unspecified atom stereocenters. The van der Waals surface area contributed by atoms with Gasteiger partial charge in [0.15, 0.2) is 0 Å². The maximum Gasteiger partial charge on any atom is 0.251 e. The third-order valence-electron chi connectivity index (χ3n) is 8.38. The largest absolute Gasteiger partial charge is 0.508 e. The van der Waals surface area contributed by atoms with Gasteiger partial charge in [-0.3, -0.25) is 9.69 Å². The summed E-state index contributed by atoms with van der Waals surface area (Å²) in [6.45, 7) is 5.32. The molecule has 0 saturated carbocycles. The first-order valence-corrected chi connectivity index (χ1v) is 15.7. The summed E-state index contributed by atoms with van der Waals surface area (Å²) in [4.78, 5) is 15.7. The number of carbonyl (C=O) groups excluding carboxylic acids is 1. The van der Waals surface area contributed by atoms with Gasteiger partial charge in [0.25, 0.3) is 5.91 Å². The molecule has 44 heavy (non-hydrogen) atoms. The van der Waals surface area contributed by atoms with E-state index in [2.05, 4.69) is 39.9 Å². The Morgan fingerprint density at radius 2 is 1.50 bits per heavy atom. The van der Waals surface area contributed by atoms with Gasteiger partial charge in [-0.1, -0.05) is 73.2 Å². The third kappa shape index (κ3) is 8.92. The highest BCUT2D eigenvalue weighted by Gasteiger charge is 2.23. The molecule has 0 spiro atoms. The van der Waals surface area contributed by atoms with Crippen molar-refractivity contribution in [3.63, 3.8) is 0 Å². The Kier molecular flexibility index (Phi) is 11.0. The summed E-state index contributed by atoms with van der Waals surface area (Å²) in [5.41, 5.74) is 5.21. The number of amides is 1. The van der Waals surface area contributed by atoms with Crippen LogP contribution in [-0.2, 0) is 13.0 Å². The van der Waals surface area contributed by atoms with Crippen molar-refractivity contribution in [1.29, 1.82) is 0 Å². The van der Waals surface area contributed by atoms with Crippen LogP contribution in [-0.4, -0.2) is 52.8 Å². The van der Waals surface area contributed by atoms with E-state index >= 15 is 0 Å². The predicted octanol–water partition coefficient (Wildman–Crippen LogP) is 6.17. The molecule has 230 valence electrons. The predicted molar refractivity (Wildman–Crippen MR) is 177 cm³/mol. The molecule has 0 bridgehead atoms. The number of aliphatic hydroxyl groups is 1. The second kappa shape index (κ2) is 15.5. The number of anilines is 2. The second-order valence-electron chi connectivity index (χ2n) is 11.8. The molecule has 1 fully saturated rings. The quantitative estimate of drug-likeness (QED) is 0.127. The Bertz CT molecular complexity index is 1460. The van der Waals surface area contributed by atoms with Crippen molar-refractivity contribution in [1.82, 2.24) is 15.5 Å². The van der Waals surface area contributed by atoms with E-state index in [1.165, 1.54) is 19.3 Å². The van der Waals surface area contributed by atoms with Crippen molar-refractivity contribution in [2.45, 2.75) is 57.3 Å². The number of aromatic hydroxyl groups is 1. The monoisotopic (exact) mass is 592 g/mol. The Morgan fingerprint density at radius 3 is 2.18 bits per heavy atom.